The summed E-state index contributed by atoms with van der Waals surface area (Å²) >= 11 is -2.50. The maximum absolute atomic E-state index is 12.5. The first-order valence-corrected chi connectivity index (χ1v) is 17.4. The van der Waals surface area contributed by atoms with E-state index in [9.17, 15) is 4.79 Å². The molecule has 0 saturated heterocycles. The molecule has 0 N–H and O–H groups in total. The average Bonchev–Trinajstić information content (AvgIpc) is 2.75. The van der Waals surface area contributed by atoms with Crippen LogP contribution in [0.1, 0.15) is 37.6 Å². The van der Waals surface area contributed by atoms with Gasteiger partial charge in [-0.2, -0.15) is 0 Å². The van der Waals surface area contributed by atoms with E-state index in [4.69, 9.17) is 9.15 Å². The van der Waals surface area contributed by atoms with Crippen LogP contribution in [0, 0.1) is 0 Å². The van der Waals surface area contributed by atoms with E-state index in [0.717, 1.165) is 5.76 Å². The van der Waals surface area contributed by atoms with Crippen LogP contribution in [0.15, 0.2) is 22.8 Å². The first-order valence-electron chi connectivity index (χ1n) is 7.17. The molecule has 0 radical (unpaired) electrons. The molecule has 1 rings (SSSR count). The van der Waals surface area contributed by atoms with Gasteiger partial charge in [-0.3, -0.25) is 0 Å². The summed E-state index contributed by atoms with van der Waals surface area (Å²) in [5.41, 5.74) is 0. The quantitative estimate of drug-likeness (QED) is 0.700. The fourth-order valence-corrected chi connectivity index (χ4v) is 6.48. The normalized spacial score (nSPS) is 13.7. The van der Waals surface area contributed by atoms with Gasteiger partial charge in [0.2, 0.25) is 0 Å². The van der Waals surface area contributed by atoms with Crippen LogP contribution in [0.25, 0.3) is 0 Å². The van der Waals surface area contributed by atoms with Crippen LogP contribution in [-0.2, 0) is 4.74 Å². The van der Waals surface area contributed by atoms with Crippen molar-refractivity contribution in [2.45, 2.75) is 58.7 Å². The third-order valence-electron chi connectivity index (χ3n) is 3.13. The molecule has 0 aliphatic carbocycles. The third kappa shape index (κ3) is 4.43. The van der Waals surface area contributed by atoms with Crippen molar-refractivity contribution in [3.63, 3.8) is 0 Å². The van der Waals surface area contributed by atoms with Gasteiger partial charge >= 0.3 is 126 Å². The predicted molar refractivity (Wildman–Crippen MR) is 83.4 cm³/mol. The van der Waals surface area contributed by atoms with Gasteiger partial charge in [0, 0.05) is 0 Å². The van der Waals surface area contributed by atoms with Gasteiger partial charge < -0.3 is 0 Å². The molecule has 0 fully saturated rings. The summed E-state index contributed by atoms with van der Waals surface area (Å²) in [6.07, 6.45) is 1.39. The molecule has 0 bridgehead atoms. The Labute approximate surface area is 126 Å². The Morgan fingerprint density at radius 1 is 1.20 bits per heavy atom. The number of carbonyl (C=O) groups is 1. The van der Waals surface area contributed by atoms with Crippen molar-refractivity contribution >= 4 is 24.5 Å². The van der Waals surface area contributed by atoms with Gasteiger partial charge in [-0.05, 0) is 0 Å². The topological polar surface area (TPSA) is 42.7 Å². The molecule has 4 nitrogen and oxygen atoms in total. The first kappa shape index (κ1) is 17.4. The van der Waals surface area contributed by atoms with Gasteiger partial charge in [0.15, 0.2) is 0 Å². The second kappa shape index (κ2) is 6.87. The number of amides is 1. The van der Waals surface area contributed by atoms with Crippen LogP contribution < -0.4 is 0 Å². The van der Waals surface area contributed by atoms with Crippen LogP contribution in [-0.4, -0.2) is 41.5 Å². The van der Waals surface area contributed by atoms with Crippen molar-refractivity contribution in [2.75, 3.05) is 0 Å². The molecule has 0 spiro atoms. The number of furan rings is 1. The summed E-state index contributed by atoms with van der Waals surface area (Å²) in [5.74, 6) is 0.772. The van der Waals surface area contributed by atoms with Gasteiger partial charge in [0.1, 0.15) is 0 Å². The predicted octanol–water partition coefficient (Wildman–Crippen LogP) is 4.45. The van der Waals surface area contributed by atoms with Crippen molar-refractivity contribution in [2.24, 2.45) is 0 Å². The van der Waals surface area contributed by atoms with Crippen molar-refractivity contribution in [3.05, 3.63) is 24.2 Å². The maximum atomic E-state index is 12.5. The van der Waals surface area contributed by atoms with Gasteiger partial charge in [0.25, 0.3) is 0 Å². The number of hydrogen-bond donors (Lipinski definition) is 0. The van der Waals surface area contributed by atoms with Crippen molar-refractivity contribution < 1.29 is 13.9 Å². The zero-order chi connectivity index (χ0) is 15.5. The van der Waals surface area contributed by atoms with Crippen LogP contribution in [0.3, 0.4) is 0 Å². The fraction of sp³-hybridized carbons (Fsp3) is 0.667. The van der Waals surface area contributed by atoms with Crippen LogP contribution in [0.2, 0.25) is 14.8 Å². The van der Waals surface area contributed by atoms with E-state index in [2.05, 4.69) is 14.8 Å². The van der Waals surface area contributed by atoms with E-state index in [1.165, 1.54) is 0 Å². The van der Waals surface area contributed by atoms with E-state index in [-0.39, 0.29) is 22.3 Å². The molecule has 0 aliphatic heterocycles. The minimum absolute atomic E-state index is 0.120. The third-order valence-corrected chi connectivity index (χ3v) is 8.77. The SMILES string of the molecule is CC(C)N(C(=O)O[CH](c1ccco1)[Sn]([CH3])([CH3])[CH3])C(C)C. The second-order valence-electron chi connectivity index (χ2n) is 6.74. The Bertz CT molecular complexity index is 413. The Hall–Kier alpha value is -0.651. The Morgan fingerprint density at radius 2 is 1.75 bits per heavy atom. The van der Waals surface area contributed by atoms with Crippen molar-refractivity contribution in [3.8, 4) is 0 Å². The first-order chi connectivity index (χ1) is 9.14. The molecule has 1 amide bonds. The van der Waals surface area contributed by atoms with Gasteiger partial charge in [-0.25, -0.2) is 0 Å². The molecule has 20 heavy (non-hydrogen) atoms. The van der Waals surface area contributed by atoms with Crippen LogP contribution >= 0.6 is 0 Å². The molecule has 1 unspecified atom stereocenters. The summed E-state index contributed by atoms with van der Waals surface area (Å²) < 4.78 is 11.1. The van der Waals surface area contributed by atoms with E-state index >= 15 is 0 Å². The number of nitrogens with zero attached hydrogens (tertiary/aromatic N) is 1. The van der Waals surface area contributed by atoms with Crippen LogP contribution in [0.5, 0.6) is 0 Å². The second-order valence-corrected chi connectivity index (χ2v) is 21.7. The number of rotatable bonds is 5. The molecule has 1 atom stereocenters. The molecule has 5 heteroatoms. The Kier molecular flexibility index (Phi) is 5.98. The molecular weight excluding hydrogens is 361 g/mol. The summed E-state index contributed by atoms with van der Waals surface area (Å²) in [6.45, 7) is 8.01. The summed E-state index contributed by atoms with van der Waals surface area (Å²) in [7, 11) is 0. The summed E-state index contributed by atoms with van der Waals surface area (Å²) in [5, 5.41) is 0. The van der Waals surface area contributed by atoms with Crippen molar-refractivity contribution in [1.82, 2.24) is 4.90 Å². The summed E-state index contributed by atoms with van der Waals surface area (Å²) in [6, 6.07) is 3.98. The monoisotopic (exact) mass is 389 g/mol. The molecule has 0 aliphatic rings. The van der Waals surface area contributed by atoms with E-state index < -0.39 is 18.4 Å². The van der Waals surface area contributed by atoms with Gasteiger partial charge in [0.05, 0.1) is 0 Å². The average molecular weight is 388 g/mol. The molecule has 1 aromatic rings. The number of ether oxygens (including phenoxy) is 1. The molecular formula is C15H27NO3Sn. The van der Waals surface area contributed by atoms with E-state index in [1.807, 2.05) is 39.8 Å². The number of hydrogen-bond acceptors (Lipinski definition) is 3. The zero-order valence-corrected chi connectivity index (χ0v) is 16.5. The van der Waals surface area contributed by atoms with Crippen molar-refractivity contribution in [1.29, 1.82) is 0 Å². The molecule has 114 valence electrons. The fourth-order valence-electron chi connectivity index (χ4n) is 2.28. The molecule has 0 aromatic carbocycles. The molecule has 1 heterocycles. The Balaban J connectivity index is 2.94. The molecule has 0 saturated carbocycles. The summed E-state index contributed by atoms with van der Waals surface area (Å²) in [4.78, 5) is 21.0. The van der Waals surface area contributed by atoms with E-state index in [1.54, 1.807) is 11.2 Å². The molecule has 1 aromatic heterocycles. The van der Waals surface area contributed by atoms with Crippen LogP contribution in [0.4, 0.5) is 4.79 Å². The van der Waals surface area contributed by atoms with Gasteiger partial charge in [-0.15, -0.1) is 0 Å². The number of carbonyl (C=O) groups excluding carboxylic acids is 1. The zero-order valence-electron chi connectivity index (χ0n) is 13.6. The van der Waals surface area contributed by atoms with Gasteiger partial charge in [-0.1, -0.05) is 0 Å². The van der Waals surface area contributed by atoms with E-state index in [0.29, 0.717) is 0 Å². The minimum atomic E-state index is -2.50. The standard InChI is InChI=1S/C12H18NO3.3CH3.Sn/c1-9(2)13(10(3)4)12(14)16-8-11-6-5-7-15-11;;;;/h5-10H,1-4H3;3*1H3;. The Morgan fingerprint density at radius 3 is 2.10 bits per heavy atom.